The number of oxazole rings is 1. The minimum absolute atomic E-state index is 0.111. The molecule has 0 fully saturated rings. The van der Waals surface area contributed by atoms with Gasteiger partial charge in [0, 0.05) is 19.0 Å². The Hall–Kier alpha value is -3.48. The molecule has 10 heteroatoms. The van der Waals surface area contributed by atoms with Gasteiger partial charge in [0.25, 0.3) is 0 Å². The molecular weight excluding hydrogens is 360 g/mol. The topological polar surface area (TPSA) is 106 Å². The monoisotopic (exact) mass is 375 g/mol. The van der Waals surface area contributed by atoms with Crippen LogP contribution in [0.4, 0.5) is 14.6 Å². The molecule has 0 atom stereocenters. The number of halogens is 2. The predicted octanol–water partition coefficient (Wildman–Crippen LogP) is 2.78. The molecule has 0 saturated carbocycles. The van der Waals surface area contributed by atoms with Crippen LogP contribution < -0.4 is 10.1 Å². The average molecular weight is 375 g/mol. The largest absolute Gasteiger partial charge is 0.440 e. The van der Waals surface area contributed by atoms with Crippen molar-refractivity contribution < 1.29 is 22.7 Å². The summed E-state index contributed by atoms with van der Waals surface area (Å²) in [6.07, 6.45) is 1.68. The van der Waals surface area contributed by atoms with Crippen molar-refractivity contribution in [3.63, 3.8) is 0 Å². The highest BCUT2D eigenvalue weighted by Gasteiger charge is 2.19. The number of nitrogens with one attached hydrogen (secondary N) is 1. The summed E-state index contributed by atoms with van der Waals surface area (Å²) in [4.78, 5) is 16.6. The van der Waals surface area contributed by atoms with Gasteiger partial charge >= 0.3 is 6.61 Å². The van der Waals surface area contributed by atoms with E-state index in [1.165, 1.54) is 23.0 Å². The second kappa shape index (κ2) is 7.41. The highest BCUT2D eigenvalue weighted by molar-refractivity contribution is 5.95. The molecule has 0 spiro atoms. The second-order valence-corrected chi connectivity index (χ2v) is 5.61. The number of hydrogen-bond donors (Lipinski definition) is 1. The van der Waals surface area contributed by atoms with Gasteiger partial charge in [-0.2, -0.15) is 19.1 Å². The Labute approximate surface area is 152 Å². The lowest BCUT2D eigenvalue weighted by atomic mass is 10.1. The number of alkyl halides is 2. The number of anilines is 1. The van der Waals surface area contributed by atoms with Crippen LogP contribution in [0.5, 0.6) is 5.75 Å². The van der Waals surface area contributed by atoms with Crippen molar-refractivity contribution in [1.29, 1.82) is 5.26 Å². The van der Waals surface area contributed by atoms with Crippen LogP contribution in [0, 0.1) is 11.3 Å². The number of aromatic nitrogens is 3. The van der Waals surface area contributed by atoms with Crippen LogP contribution in [-0.2, 0) is 24.7 Å². The summed E-state index contributed by atoms with van der Waals surface area (Å²) in [6.45, 7) is -1.20. The van der Waals surface area contributed by atoms with Crippen molar-refractivity contribution in [3.8, 4) is 11.8 Å². The zero-order chi connectivity index (χ0) is 19.6. The first-order chi connectivity index (χ1) is 12.9. The Morgan fingerprint density at radius 1 is 1.48 bits per heavy atom. The van der Waals surface area contributed by atoms with E-state index in [4.69, 9.17) is 9.68 Å². The molecule has 0 aliphatic carbocycles. The maximum Gasteiger partial charge on any atom is 0.387 e. The molecule has 0 aliphatic rings. The molecule has 0 saturated heterocycles. The number of nitriles is 1. The van der Waals surface area contributed by atoms with Crippen LogP contribution >= 0.6 is 0 Å². The van der Waals surface area contributed by atoms with Crippen LogP contribution in [0.25, 0.3) is 11.1 Å². The first-order valence-corrected chi connectivity index (χ1v) is 8.01. The molecule has 140 valence electrons. The van der Waals surface area contributed by atoms with Gasteiger partial charge in [-0.25, -0.2) is 4.98 Å². The summed E-state index contributed by atoms with van der Waals surface area (Å²) in [7, 11) is 1.59. The third kappa shape index (κ3) is 3.72. The van der Waals surface area contributed by atoms with Crippen LogP contribution in [0.2, 0.25) is 0 Å². The highest BCUT2D eigenvalue weighted by Crippen LogP contribution is 2.31. The quantitative estimate of drug-likeness (QED) is 0.710. The Morgan fingerprint density at radius 3 is 2.93 bits per heavy atom. The van der Waals surface area contributed by atoms with E-state index >= 15 is 0 Å². The SMILES string of the molecule is CCc1nc2c(OC(F)F)ccc(CC(=O)Nc3c(C#N)cnn3C)c2o1. The maximum atomic E-state index is 12.6. The number of fused-ring (bicyclic) bond motifs is 1. The van der Waals surface area contributed by atoms with Gasteiger partial charge in [0.1, 0.15) is 17.5 Å². The van der Waals surface area contributed by atoms with E-state index < -0.39 is 12.5 Å². The smallest absolute Gasteiger partial charge is 0.387 e. The minimum atomic E-state index is -3.00. The Bertz CT molecular complexity index is 1040. The molecule has 0 aliphatic heterocycles. The molecule has 2 aromatic heterocycles. The number of aryl methyl sites for hydroxylation is 2. The average Bonchev–Trinajstić information content (AvgIpc) is 3.21. The van der Waals surface area contributed by atoms with Gasteiger partial charge < -0.3 is 14.5 Å². The second-order valence-electron chi connectivity index (χ2n) is 5.61. The number of amides is 1. The highest BCUT2D eigenvalue weighted by atomic mass is 19.3. The fraction of sp³-hybridized carbons (Fsp3) is 0.294. The Balaban J connectivity index is 1.90. The predicted molar refractivity (Wildman–Crippen MR) is 90.3 cm³/mol. The maximum absolute atomic E-state index is 12.6. The third-order valence-corrected chi connectivity index (χ3v) is 3.82. The lowest BCUT2D eigenvalue weighted by Gasteiger charge is -2.08. The minimum Gasteiger partial charge on any atom is -0.440 e. The number of ether oxygens (including phenoxy) is 1. The van der Waals surface area contributed by atoms with Gasteiger partial charge in [0.05, 0.1) is 12.6 Å². The van der Waals surface area contributed by atoms with Crippen molar-refractivity contribution in [3.05, 3.63) is 35.3 Å². The number of nitrogens with zero attached hydrogens (tertiary/aromatic N) is 4. The van der Waals surface area contributed by atoms with Crippen molar-refractivity contribution in [2.75, 3.05) is 5.32 Å². The molecule has 1 N–H and O–H groups in total. The lowest BCUT2D eigenvalue weighted by Crippen LogP contribution is -2.17. The Morgan fingerprint density at radius 2 is 2.26 bits per heavy atom. The van der Waals surface area contributed by atoms with Crippen molar-refractivity contribution >= 4 is 22.8 Å². The van der Waals surface area contributed by atoms with Gasteiger partial charge in [0.15, 0.2) is 22.7 Å². The zero-order valence-corrected chi connectivity index (χ0v) is 14.5. The van der Waals surface area contributed by atoms with Crippen molar-refractivity contribution in [2.24, 2.45) is 7.05 Å². The number of hydrogen-bond acceptors (Lipinski definition) is 6. The van der Waals surface area contributed by atoms with Gasteiger partial charge in [-0.3, -0.25) is 9.48 Å². The molecule has 0 bridgehead atoms. The molecule has 1 amide bonds. The molecule has 3 aromatic rings. The van der Waals surface area contributed by atoms with Gasteiger partial charge in [-0.15, -0.1) is 0 Å². The summed E-state index contributed by atoms with van der Waals surface area (Å²) >= 11 is 0. The van der Waals surface area contributed by atoms with E-state index in [2.05, 4.69) is 20.1 Å². The van der Waals surface area contributed by atoms with E-state index in [0.717, 1.165) is 0 Å². The molecule has 8 nitrogen and oxygen atoms in total. The van der Waals surface area contributed by atoms with Crippen LogP contribution in [-0.4, -0.2) is 27.3 Å². The summed E-state index contributed by atoms with van der Waals surface area (Å²) in [5, 5.41) is 15.6. The van der Waals surface area contributed by atoms with Crippen LogP contribution in [0.3, 0.4) is 0 Å². The zero-order valence-electron chi connectivity index (χ0n) is 14.5. The normalized spacial score (nSPS) is 11.0. The van der Waals surface area contributed by atoms with Gasteiger partial charge in [-0.1, -0.05) is 13.0 Å². The molecule has 2 heterocycles. The van der Waals surface area contributed by atoms with Gasteiger partial charge in [0.2, 0.25) is 5.91 Å². The van der Waals surface area contributed by atoms with Crippen molar-refractivity contribution in [2.45, 2.75) is 26.4 Å². The molecule has 27 heavy (non-hydrogen) atoms. The van der Waals surface area contributed by atoms with Gasteiger partial charge in [-0.05, 0) is 6.07 Å². The van der Waals surface area contributed by atoms with Crippen LogP contribution in [0.1, 0.15) is 23.9 Å². The lowest BCUT2D eigenvalue weighted by molar-refractivity contribution is -0.115. The number of carbonyl (C=O) groups is 1. The molecule has 0 radical (unpaired) electrons. The van der Waals surface area contributed by atoms with Crippen molar-refractivity contribution in [1.82, 2.24) is 14.8 Å². The van der Waals surface area contributed by atoms with Crippen LogP contribution in [0.15, 0.2) is 22.7 Å². The summed E-state index contributed by atoms with van der Waals surface area (Å²) in [5.41, 5.74) is 1.03. The third-order valence-electron chi connectivity index (χ3n) is 3.82. The van der Waals surface area contributed by atoms with E-state index in [9.17, 15) is 13.6 Å². The van der Waals surface area contributed by atoms with E-state index in [1.54, 1.807) is 14.0 Å². The summed E-state index contributed by atoms with van der Waals surface area (Å²) in [5.74, 6) is 0.0676. The fourth-order valence-electron chi connectivity index (χ4n) is 2.58. The first kappa shape index (κ1) is 18.3. The molecular formula is C17H15F2N5O3. The summed E-state index contributed by atoms with van der Waals surface area (Å²) < 4.78 is 36.6. The number of rotatable bonds is 6. The number of carbonyl (C=O) groups excluding carboxylic acids is 1. The standard InChI is InChI=1S/C17H15F2N5O3/c1-3-13-23-14-11(26-17(18)19)5-4-9(15(14)27-13)6-12(25)22-16-10(7-20)8-21-24(16)2/h4-5,8,17H,3,6H2,1-2H3,(H,22,25). The molecule has 1 aromatic carbocycles. The van der Waals surface area contributed by atoms with E-state index in [-0.39, 0.29) is 34.7 Å². The molecule has 3 rings (SSSR count). The summed E-state index contributed by atoms with van der Waals surface area (Å²) in [6, 6.07) is 4.73. The fourth-order valence-corrected chi connectivity index (χ4v) is 2.58. The van der Waals surface area contributed by atoms with E-state index in [1.807, 2.05) is 6.07 Å². The van der Waals surface area contributed by atoms with E-state index in [0.29, 0.717) is 17.9 Å². The molecule has 0 unspecified atom stereocenters. The number of benzene rings is 1. The first-order valence-electron chi connectivity index (χ1n) is 8.01. The Kier molecular flexibility index (Phi) is 5.03.